The summed E-state index contributed by atoms with van der Waals surface area (Å²) in [6.45, 7) is 5.34. The molecule has 3 heterocycles. The van der Waals surface area contributed by atoms with Gasteiger partial charge in [0.05, 0.1) is 18.8 Å². The van der Waals surface area contributed by atoms with E-state index in [2.05, 4.69) is 39.5 Å². The Morgan fingerprint density at radius 2 is 2.24 bits per heavy atom. The van der Waals surface area contributed by atoms with Gasteiger partial charge in [0, 0.05) is 39.1 Å². The van der Waals surface area contributed by atoms with Crippen LogP contribution in [-0.4, -0.2) is 36.4 Å². The number of amidine groups is 1. The van der Waals surface area contributed by atoms with Crippen molar-refractivity contribution in [3.05, 3.63) is 40.1 Å². The van der Waals surface area contributed by atoms with E-state index in [-0.39, 0.29) is 0 Å². The molecule has 0 unspecified atom stereocenters. The van der Waals surface area contributed by atoms with Crippen molar-refractivity contribution in [2.45, 2.75) is 6.92 Å². The van der Waals surface area contributed by atoms with E-state index in [4.69, 9.17) is 4.74 Å². The van der Waals surface area contributed by atoms with Gasteiger partial charge in [-0.15, -0.1) is 11.3 Å². The molecule has 4 rings (SSSR count). The molecule has 0 fully saturated rings. The lowest BCUT2D eigenvalue weighted by molar-refractivity contribution is 0.175. The Balaban J connectivity index is 1.83. The first kappa shape index (κ1) is 13.4. The Kier molecular flexibility index (Phi) is 3.49. The molecule has 2 aromatic rings. The summed E-state index contributed by atoms with van der Waals surface area (Å²) in [5.74, 6) is 0. The van der Waals surface area contributed by atoms with Gasteiger partial charge in [0.2, 0.25) is 0 Å². The number of hydrogen-bond donors (Lipinski definition) is 0. The lowest BCUT2D eigenvalue weighted by Gasteiger charge is -2.17. The van der Waals surface area contributed by atoms with E-state index in [9.17, 15) is 0 Å². The monoisotopic (exact) mass is 316 g/mol. The maximum absolute atomic E-state index is 5.67. The van der Waals surface area contributed by atoms with Gasteiger partial charge in [-0.05, 0) is 13.0 Å². The fourth-order valence-corrected chi connectivity index (χ4v) is 4.85. The number of thioether (sulfide) groups is 1. The smallest absolute Gasteiger partial charge is 0.168 e. The van der Waals surface area contributed by atoms with E-state index in [1.54, 1.807) is 11.8 Å². The highest BCUT2D eigenvalue weighted by atomic mass is 32.2. The second kappa shape index (κ2) is 5.48. The summed E-state index contributed by atoms with van der Waals surface area (Å²) in [4.78, 5) is 8.25. The highest BCUT2D eigenvalue weighted by Crippen LogP contribution is 2.44. The molecule has 2 aliphatic heterocycles. The Morgan fingerprint density at radius 3 is 3.14 bits per heavy atom. The fraction of sp³-hybridized carbons (Fsp3) is 0.312. The Morgan fingerprint density at radius 1 is 1.33 bits per heavy atom. The van der Waals surface area contributed by atoms with E-state index in [1.807, 2.05) is 18.3 Å². The molecule has 0 amide bonds. The summed E-state index contributed by atoms with van der Waals surface area (Å²) >= 11 is 3.58. The Labute approximate surface area is 132 Å². The number of hydrogen-bond acceptors (Lipinski definition) is 5. The molecule has 1 aromatic heterocycles. The SMILES string of the molecule is CCOCC1=C(c2csc3ccccc23)N2CCN=C2S1. The molecule has 0 spiro atoms. The van der Waals surface area contributed by atoms with Crippen molar-refractivity contribution in [2.24, 2.45) is 4.99 Å². The molecule has 0 bridgehead atoms. The van der Waals surface area contributed by atoms with Crippen LogP contribution in [0.5, 0.6) is 0 Å². The van der Waals surface area contributed by atoms with Gasteiger partial charge in [0.1, 0.15) is 0 Å². The number of rotatable bonds is 4. The number of aliphatic imine (C=N–C) groups is 1. The van der Waals surface area contributed by atoms with Gasteiger partial charge in [-0.25, -0.2) is 0 Å². The first-order chi connectivity index (χ1) is 10.4. The summed E-state index contributed by atoms with van der Waals surface area (Å²) in [6.07, 6.45) is 0. The average Bonchev–Trinajstić information content (AvgIpc) is 3.18. The molecule has 0 N–H and O–H groups in total. The summed E-state index contributed by atoms with van der Waals surface area (Å²) in [7, 11) is 0. The minimum absolute atomic E-state index is 0.677. The highest BCUT2D eigenvalue weighted by molar-refractivity contribution is 8.17. The zero-order valence-electron chi connectivity index (χ0n) is 11.8. The molecule has 108 valence electrons. The van der Waals surface area contributed by atoms with Crippen molar-refractivity contribution < 1.29 is 4.74 Å². The van der Waals surface area contributed by atoms with E-state index in [0.29, 0.717) is 6.61 Å². The van der Waals surface area contributed by atoms with Crippen LogP contribution in [0.4, 0.5) is 0 Å². The molecule has 0 saturated heterocycles. The minimum Gasteiger partial charge on any atom is -0.376 e. The van der Waals surface area contributed by atoms with Crippen LogP contribution < -0.4 is 0 Å². The molecule has 0 saturated carbocycles. The summed E-state index contributed by atoms with van der Waals surface area (Å²) < 4.78 is 7.00. The minimum atomic E-state index is 0.677. The Hall–Kier alpha value is -1.30. The standard InChI is InChI=1S/C16H16N2OS2/c1-2-19-9-14-15(18-8-7-17-16(18)21-14)12-10-20-13-6-4-3-5-11(12)13/h3-6,10H,2,7-9H2,1H3. The number of nitrogens with zero attached hydrogens (tertiary/aromatic N) is 2. The lowest BCUT2D eigenvalue weighted by Crippen LogP contribution is -2.20. The van der Waals surface area contributed by atoms with E-state index in [0.717, 1.165) is 24.9 Å². The normalized spacial score (nSPS) is 17.8. The first-order valence-corrected chi connectivity index (χ1v) is 8.85. The lowest BCUT2D eigenvalue weighted by atomic mass is 10.1. The van der Waals surface area contributed by atoms with Crippen LogP contribution in [-0.2, 0) is 4.74 Å². The number of ether oxygens (including phenoxy) is 1. The first-order valence-electron chi connectivity index (χ1n) is 7.16. The molecule has 0 radical (unpaired) electrons. The zero-order chi connectivity index (χ0) is 14.2. The van der Waals surface area contributed by atoms with Crippen LogP contribution in [0.2, 0.25) is 0 Å². The van der Waals surface area contributed by atoms with Gasteiger partial charge in [-0.1, -0.05) is 30.0 Å². The number of benzene rings is 1. The average molecular weight is 316 g/mol. The third kappa shape index (κ3) is 2.20. The van der Waals surface area contributed by atoms with Crippen molar-refractivity contribution in [2.75, 3.05) is 26.3 Å². The molecule has 2 aliphatic rings. The molecule has 1 aromatic carbocycles. The van der Waals surface area contributed by atoms with Crippen molar-refractivity contribution in [3.8, 4) is 0 Å². The molecular weight excluding hydrogens is 300 g/mol. The van der Waals surface area contributed by atoms with Gasteiger partial charge in [0.25, 0.3) is 0 Å². The van der Waals surface area contributed by atoms with Crippen LogP contribution in [0.25, 0.3) is 15.8 Å². The predicted octanol–water partition coefficient (Wildman–Crippen LogP) is 4.02. The number of fused-ring (bicyclic) bond motifs is 2. The van der Waals surface area contributed by atoms with Gasteiger partial charge in [-0.2, -0.15) is 0 Å². The fourth-order valence-electron chi connectivity index (χ4n) is 2.78. The third-order valence-electron chi connectivity index (χ3n) is 3.72. The van der Waals surface area contributed by atoms with Crippen LogP contribution in [0.1, 0.15) is 12.5 Å². The molecule has 0 atom stereocenters. The van der Waals surface area contributed by atoms with Crippen molar-refractivity contribution in [1.82, 2.24) is 4.90 Å². The predicted molar refractivity (Wildman–Crippen MR) is 91.8 cm³/mol. The van der Waals surface area contributed by atoms with E-state index < -0.39 is 0 Å². The van der Waals surface area contributed by atoms with Crippen LogP contribution >= 0.6 is 23.1 Å². The van der Waals surface area contributed by atoms with E-state index in [1.165, 1.54) is 26.3 Å². The maximum atomic E-state index is 5.67. The molecule has 5 heteroatoms. The Bertz CT molecular complexity index is 748. The van der Waals surface area contributed by atoms with Gasteiger partial charge in [-0.3, -0.25) is 4.99 Å². The quantitative estimate of drug-likeness (QED) is 0.851. The largest absolute Gasteiger partial charge is 0.376 e. The molecule has 21 heavy (non-hydrogen) atoms. The van der Waals surface area contributed by atoms with Crippen LogP contribution in [0.3, 0.4) is 0 Å². The van der Waals surface area contributed by atoms with Crippen molar-refractivity contribution in [1.29, 1.82) is 0 Å². The summed E-state index contributed by atoms with van der Waals surface area (Å²) in [5.41, 5.74) is 2.63. The molecular formula is C16H16N2OS2. The summed E-state index contributed by atoms with van der Waals surface area (Å²) in [5, 5.41) is 4.74. The zero-order valence-corrected chi connectivity index (χ0v) is 13.5. The maximum Gasteiger partial charge on any atom is 0.168 e. The van der Waals surface area contributed by atoms with Gasteiger partial charge >= 0.3 is 0 Å². The topological polar surface area (TPSA) is 24.8 Å². The highest BCUT2D eigenvalue weighted by Gasteiger charge is 2.33. The third-order valence-corrected chi connectivity index (χ3v) is 5.78. The van der Waals surface area contributed by atoms with Gasteiger partial charge < -0.3 is 9.64 Å². The van der Waals surface area contributed by atoms with Crippen molar-refractivity contribution >= 4 is 44.0 Å². The second-order valence-electron chi connectivity index (χ2n) is 4.97. The van der Waals surface area contributed by atoms with E-state index >= 15 is 0 Å². The van der Waals surface area contributed by atoms with Crippen molar-refractivity contribution in [3.63, 3.8) is 0 Å². The van der Waals surface area contributed by atoms with Crippen LogP contribution in [0.15, 0.2) is 39.5 Å². The molecule has 3 nitrogen and oxygen atoms in total. The second-order valence-corrected chi connectivity index (χ2v) is 6.95. The number of thiophene rings is 1. The summed E-state index contributed by atoms with van der Waals surface area (Å²) in [6, 6.07) is 8.61. The van der Waals surface area contributed by atoms with Gasteiger partial charge in [0.15, 0.2) is 5.17 Å². The molecule has 0 aliphatic carbocycles. The van der Waals surface area contributed by atoms with Crippen LogP contribution in [0, 0.1) is 0 Å².